The third-order valence-corrected chi connectivity index (χ3v) is 6.93. The fourth-order valence-electron chi connectivity index (χ4n) is 4.74. The maximum atomic E-state index is 15.3. The molecule has 1 amide bonds. The highest BCUT2D eigenvalue weighted by Crippen LogP contribution is 2.52. The van der Waals surface area contributed by atoms with Gasteiger partial charge in [-0.25, -0.2) is 14.4 Å². The number of hydrogen-bond acceptors (Lipinski definition) is 6. The molecule has 39 heavy (non-hydrogen) atoms. The zero-order valence-electron chi connectivity index (χ0n) is 21.8. The summed E-state index contributed by atoms with van der Waals surface area (Å²) < 4.78 is 92.1. The summed E-state index contributed by atoms with van der Waals surface area (Å²) in [6, 6.07) is 4.82. The highest BCUT2D eigenvalue weighted by atomic mass is 19.4. The van der Waals surface area contributed by atoms with Crippen molar-refractivity contribution in [2.75, 3.05) is 24.4 Å². The standard InChI is InChI=1S/C26H26F6N4O3/c1-12(14-8-7-9-16(20(14)27)25(28,29)23(3,4)38)33-21-15-10-19-17(11-18(15)34-13(2)35-21)24(39-6,26(30,31)32)22(37)36(19)5/h7-12,38H,1-6H3,(H,33,34,35)/t12-,24-/m1/s1. The highest BCUT2D eigenvalue weighted by molar-refractivity contribution is 6.10. The molecule has 0 unspecified atom stereocenters. The number of nitrogens with zero attached hydrogens (tertiary/aromatic N) is 3. The number of rotatable bonds is 6. The number of amides is 1. The molecule has 3 aromatic rings. The predicted octanol–water partition coefficient (Wildman–Crippen LogP) is 5.49. The summed E-state index contributed by atoms with van der Waals surface area (Å²) in [6.45, 7) is 4.70. The molecule has 4 rings (SSSR count). The van der Waals surface area contributed by atoms with Crippen molar-refractivity contribution in [3.8, 4) is 0 Å². The first-order valence-corrected chi connectivity index (χ1v) is 11.8. The number of likely N-dealkylation sites (N-methyl/N-ethyl adjacent to an activating group) is 1. The largest absolute Gasteiger partial charge is 0.431 e. The van der Waals surface area contributed by atoms with Gasteiger partial charge in [0.05, 0.1) is 22.8 Å². The van der Waals surface area contributed by atoms with E-state index in [-0.39, 0.29) is 33.8 Å². The van der Waals surface area contributed by atoms with E-state index in [1.54, 1.807) is 0 Å². The number of aryl methyl sites for hydroxylation is 1. The molecule has 1 aliphatic rings. The van der Waals surface area contributed by atoms with Crippen LogP contribution in [-0.2, 0) is 21.1 Å². The number of anilines is 2. The zero-order chi connectivity index (χ0) is 29.3. The summed E-state index contributed by atoms with van der Waals surface area (Å²) in [5.74, 6) is -6.25. The first-order valence-electron chi connectivity index (χ1n) is 11.8. The van der Waals surface area contributed by atoms with Crippen LogP contribution in [0.3, 0.4) is 0 Å². The van der Waals surface area contributed by atoms with Crippen molar-refractivity contribution in [2.45, 2.75) is 57.0 Å². The number of alkyl halides is 5. The van der Waals surface area contributed by atoms with Crippen LogP contribution < -0.4 is 10.2 Å². The Hall–Kier alpha value is -3.45. The molecule has 0 bridgehead atoms. The molecule has 2 N–H and O–H groups in total. The van der Waals surface area contributed by atoms with E-state index >= 15 is 4.39 Å². The Morgan fingerprint density at radius 3 is 2.33 bits per heavy atom. The molecule has 13 heteroatoms. The minimum absolute atomic E-state index is 0.0486. The van der Waals surface area contributed by atoms with Crippen molar-refractivity contribution >= 4 is 28.3 Å². The Bertz CT molecular complexity index is 1470. The number of benzene rings is 2. The predicted molar refractivity (Wildman–Crippen MR) is 131 cm³/mol. The molecule has 7 nitrogen and oxygen atoms in total. The minimum Gasteiger partial charge on any atom is -0.384 e. The quantitative estimate of drug-likeness (QED) is 0.391. The fourth-order valence-corrected chi connectivity index (χ4v) is 4.74. The number of nitrogens with one attached hydrogen (secondary N) is 1. The van der Waals surface area contributed by atoms with Gasteiger partial charge in [0.2, 0.25) is 0 Å². The van der Waals surface area contributed by atoms with Crippen molar-refractivity contribution in [3.63, 3.8) is 0 Å². The number of halogens is 6. The van der Waals surface area contributed by atoms with E-state index in [2.05, 4.69) is 15.3 Å². The van der Waals surface area contributed by atoms with Crippen LogP contribution in [0.15, 0.2) is 30.3 Å². The van der Waals surface area contributed by atoms with Gasteiger partial charge in [-0.05, 0) is 45.9 Å². The Labute approximate surface area is 219 Å². The van der Waals surface area contributed by atoms with Gasteiger partial charge in [0.1, 0.15) is 23.1 Å². The van der Waals surface area contributed by atoms with Crippen LogP contribution in [0.2, 0.25) is 0 Å². The van der Waals surface area contributed by atoms with Crippen LogP contribution in [0.25, 0.3) is 10.9 Å². The van der Waals surface area contributed by atoms with Gasteiger partial charge in [0.25, 0.3) is 11.5 Å². The van der Waals surface area contributed by atoms with Crippen LogP contribution in [0.1, 0.15) is 49.3 Å². The van der Waals surface area contributed by atoms with Gasteiger partial charge in [-0.3, -0.25) is 4.79 Å². The average molecular weight is 557 g/mol. The molecule has 2 aromatic carbocycles. The number of carbonyl (C=O) groups excluding carboxylic acids is 1. The van der Waals surface area contributed by atoms with Crippen LogP contribution in [-0.4, -0.2) is 46.9 Å². The second-order valence-electron chi connectivity index (χ2n) is 9.96. The van der Waals surface area contributed by atoms with Gasteiger partial charge in [-0.15, -0.1) is 0 Å². The zero-order valence-corrected chi connectivity index (χ0v) is 21.8. The summed E-state index contributed by atoms with van der Waals surface area (Å²) in [4.78, 5) is 22.1. The van der Waals surface area contributed by atoms with Crippen LogP contribution in [0, 0.1) is 12.7 Å². The summed E-state index contributed by atoms with van der Waals surface area (Å²) in [5, 5.41) is 13.0. The number of hydrogen-bond donors (Lipinski definition) is 2. The van der Waals surface area contributed by atoms with Gasteiger partial charge in [0.15, 0.2) is 0 Å². The molecule has 1 aromatic heterocycles. The van der Waals surface area contributed by atoms with E-state index in [1.807, 2.05) is 0 Å². The van der Waals surface area contributed by atoms with Crippen LogP contribution >= 0.6 is 0 Å². The number of ether oxygens (including phenoxy) is 1. The molecular formula is C26H26F6N4O3. The van der Waals surface area contributed by atoms with Gasteiger partial charge in [-0.1, -0.05) is 12.1 Å². The van der Waals surface area contributed by atoms with E-state index in [1.165, 1.54) is 39.1 Å². The monoisotopic (exact) mass is 556 g/mol. The molecule has 0 fully saturated rings. The van der Waals surface area contributed by atoms with E-state index in [9.17, 15) is 31.9 Å². The normalized spacial score (nSPS) is 19.0. The lowest BCUT2D eigenvalue weighted by Gasteiger charge is -2.30. The average Bonchev–Trinajstić information content (AvgIpc) is 3.03. The maximum absolute atomic E-state index is 15.3. The van der Waals surface area contributed by atoms with E-state index < -0.39 is 52.2 Å². The third-order valence-electron chi connectivity index (χ3n) is 6.93. The number of fused-ring (bicyclic) bond motifs is 2. The van der Waals surface area contributed by atoms with Crippen molar-refractivity contribution in [1.29, 1.82) is 0 Å². The first-order chi connectivity index (χ1) is 17.9. The molecule has 0 saturated carbocycles. The van der Waals surface area contributed by atoms with E-state index in [0.29, 0.717) is 0 Å². The molecular weight excluding hydrogens is 530 g/mol. The molecule has 2 atom stereocenters. The summed E-state index contributed by atoms with van der Waals surface area (Å²) in [7, 11) is 1.97. The molecule has 0 radical (unpaired) electrons. The SMILES string of the molecule is CO[C@@]1(C(F)(F)F)C(=O)N(C)c2cc3c(N[C@H](C)c4cccc(C(F)(F)C(C)(C)O)c4F)nc(C)nc3cc21. The Morgan fingerprint density at radius 2 is 1.77 bits per heavy atom. The lowest BCUT2D eigenvalue weighted by molar-refractivity contribution is -0.262. The second-order valence-corrected chi connectivity index (χ2v) is 9.96. The molecule has 0 aliphatic carbocycles. The molecule has 0 spiro atoms. The third kappa shape index (κ3) is 4.18. The Kier molecular flexibility index (Phi) is 6.63. The summed E-state index contributed by atoms with van der Waals surface area (Å²) >= 11 is 0. The van der Waals surface area contributed by atoms with E-state index in [4.69, 9.17) is 4.74 Å². The fraction of sp³-hybridized carbons (Fsp3) is 0.423. The smallest absolute Gasteiger partial charge is 0.384 e. The number of carbonyl (C=O) groups is 1. The van der Waals surface area contributed by atoms with Crippen LogP contribution in [0.5, 0.6) is 0 Å². The second kappa shape index (κ2) is 9.05. The van der Waals surface area contributed by atoms with E-state index in [0.717, 1.165) is 38.0 Å². The number of methoxy groups -OCH3 is 1. The van der Waals surface area contributed by atoms with Crippen molar-refractivity contribution in [3.05, 3.63) is 58.7 Å². The van der Waals surface area contributed by atoms with Crippen molar-refractivity contribution in [2.24, 2.45) is 0 Å². The maximum Gasteiger partial charge on any atom is 0.431 e. The lowest BCUT2D eigenvalue weighted by Crippen LogP contribution is -2.51. The molecule has 1 aliphatic heterocycles. The molecule has 0 saturated heterocycles. The van der Waals surface area contributed by atoms with Crippen molar-refractivity contribution in [1.82, 2.24) is 9.97 Å². The molecule has 2 heterocycles. The number of aromatic nitrogens is 2. The molecule has 210 valence electrons. The van der Waals surface area contributed by atoms with Gasteiger partial charge >= 0.3 is 12.1 Å². The summed E-state index contributed by atoms with van der Waals surface area (Å²) in [6.07, 6.45) is -5.07. The highest BCUT2D eigenvalue weighted by Gasteiger charge is 2.68. The lowest BCUT2D eigenvalue weighted by atomic mass is 9.91. The Balaban J connectivity index is 1.84. The van der Waals surface area contributed by atoms with Gasteiger partial charge < -0.3 is 20.1 Å². The van der Waals surface area contributed by atoms with Crippen LogP contribution in [0.4, 0.5) is 37.8 Å². The Morgan fingerprint density at radius 1 is 1.13 bits per heavy atom. The summed E-state index contributed by atoms with van der Waals surface area (Å²) in [5.41, 5.74) is -7.40. The van der Waals surface area contributed by atoms with Gasteiger partial charge in [-0.2, -0.15) is 22.0 Å². The topological polar surface area (TPSA) is 87.6 Å². The van der Waals surface area contributed by atoms with Gasteiger partial charge in [0, 0.05) is 30.7 Å². The van der Waals surface area contributed by atoms with Crippen molar-refractivity contribution < 1.29 is 41.0 Å². The minimum atomic E-state index is -5.07. The first kappa shape index (κ1) is 28.6. The number of aliphatic hydroxyl groups is 1.